The van der Waals surface area contributed by atoms with Gasteiger partial charge in [0, 0.05) is 58.9 Å². The SMILES string of the molecule is Cc1ccc(Nc2c(C#N)cnc3c(Cl)cc(N[C@H](C4=CN(C5CCN(C(C)(C)C)CC5)NN4)c4scnc4C)cc23)cc1Cl. The molecule has 234 valence electrons. The lowest BCUT2D eigenvalue weighted by Crippen LogP contribution is -2.52. The van der Waals surface area contributed by atoms with Crippen molar-refractivity contribution in [3.05, 3.63) is 85.7 Å². The van der Waals surface area contributed by atoms with Gasteiger partial charge in [-0.25, -0.2) is 4.98 Å². The third-order valence-electron chi connectivity index (χ3n) is 8.57. The van der Waals surface area contributed by atoms with E-state index in [1.165, 1.54) is 0 Å². The molecule has 2 aliphatic heterocycles. The standard InChI is InChI=1S/C33H37Cl2N9S/c1-19-6-7-22(13-26(19)34)39-29-21(15-36)16-37-30-25(29)12-23(14-27(30)35)40-31(32-20(2)38-18-45-32)28-17-44(42-41-28)24-8-10-43(11-9-24)33(3,4)5/h6-7,12-14,16-18,24,31,40-42H,8-11H2,1-5H3,(H,37,39)/t31-/m1/s1. The van der Waals surface area contributed by atoms with Crippen molar-refractivity contribution in [2.45, 2.75) is 65.1 Å². The van der Waals surface area contributed by atoms with Gasteiger partial charge in [-0.2, -0.15) is 5.26 Å². The van der Waals surface area contributed by atoms with E-state index in [9.17, 15) is 5.26 Å². The Morgan fingerprint density at radius 1 is 1.07 bits per heavy atom. The van der Waals surface area contributed by atoms with Crippen molar-refractivity contribution in [3.63, 3.8) is 0 Å². The highest BCUT2D eigenvalue weighted by Crippen LogP contribution is 2.38. The zero-order valence-corrected chi connectivity index (χ0v) is 28.3. The summed E-state index contributed by atoms with van der Waals surface area (Å²) in [5.41, 5.74) is 15.0. The number of likely N-dealkylation sites (tertiary alicyclic amines) is 1. The first-order chi connectivity index (χ1) is 21.5. The van der Waals surface area contributed by atoms with Crippen LogP contribution in [0.2, 0.25) is 10.0 Å². The average Bonchev–Trinajstić information content (AvgIpc) is 3.67. The number of aromatic nitrogens is 2. The number of fused-ring (bicyclic) bond motifs is 1. The molecular formula is C33H37Cl2N9S. The lowest BCUT2D eigenvalue weighted by atomic mass is 9.98. The summed E-state index contributed by atoms with van der Waals surface area (Å²) >= 11 is 14.9. The number of hydrogen-bond acceptors (Lipinski definition) is 10. The normalized spacial score (nSPS) is 16.8. The number of thiazole rings is 1. The molecule has 6 rings (SSSR count). The fourth-order valence-corrected chi connectivity index (χ4v) is 7.24. The maximum absolute atomic E-state index is 9.98. The minimum Gasteiger partial charge on any atom is -0.372 e. The average molecular weight is 663 g/mol. The Morgan fingerprint density at radius 2 is 1.82 bits per heavy atom. The maximum Gasteiger partial charge on any atom is 0.106 e. The Kier molecular flexibility index (Phi) is 8.83. The van der Waals surface area contributed by atoms with E-state index in [1.807, 2.05) is 49.7 Å². The molecule has 0 amide bonds. The van der Waals surface area contributed by atoms with Gasteiger partial charge in [-0.3, -0.25) is 14.9 Å². The third kappa shape index (κ3) is 6.55. The lowest BCUT2D eigenvalue weighted by Gasteiger charge is -2.42. The van der Waals surface area contributed by atoms with Crippen LogP contribution in [0.4, 0.5) is 17.1 Å². The first-order valence-electron chi connectivity index (χ1n) is 15.0. The van der Waals surface area contributed by atoms with Gasteiger partial charge < -0.3 is 16.1 Å². The minimum atomic E-state index is -0.224. The van der Waals surface area contributed by atoms with Gasteiger partial charge in [0.1, 0.15) is 12.1 Å². The Balaban J connectivity index is 1.33. The number of aryl methyl sites for hydroxylation is 2. The molecule has 2 aliphatic rings. The molecule has 1 fully saturated rings. The van der Waals surface area contributed by atoms with Gasteiger partial charge in [-0.15, -0.1) is 16.9 Å². The number of anilines is 3. The van der Waals surface area contributed by atoms with Gasteiger partial charge in [0.05, 0.1) is 43.6 Å². The number of nitriles is 1. The van der Waals surface area contributed by atoms with E-state index >= 15 is 0 Å². The quantitative estimate of drug-likeness (QED) is 0.158. The molecule has 2 aromatic heterocycles. The largest absolute Gasteiger partial charge is 0.372 e. The number of rotatable bonds is 7. The summed E-state index contributed by atoms with van der Waals surface area (Å²) in [6.45, 7) is 12.9. The van der Waals surface area contributed by atoms with E-state index in [-0.39, 0.29) is 11.6 Å². The molecule has 0 unspecified atom stereocenters. The topological polar surface area (TPSA) is 104 Å². The smallest absolute Gasteiger partial charge is 0.106 e. The third-order valence-corrected chi connectivity index (χ3v) is 10.3. The first-order valence-corrected chi connectivity index (χ1v) is 16.6. The van der Waals surface area contributed by atoms with Crippen LogP contribution in [0.5, 0.6) is 0 Å². The molecule has 4 heterocycles. The van der Waals surface area contributed by atoms with Crippen LogP contribution in [0, 0.1) is 25.2 Å². The fourth-order valence-electron chi connectivity index (χ4n) is 5.92. The molecule has 4 aromatic rings. The van der Waals surface area contributed by atoms with Crippen LogP contribution < -0.4 is 21.6 Å². The van der Waals surface area contributed by atoms with Gasteiger partial charge in [0.2, 0.25) is 0 Å². The second-order valence-corrected chi connectivity index (χ2v) is 14.3. The predicted octanol–water partition coefficient (Wildman–Crippen LogP) is 7.81. The Bertz CT molecular complexity index is 1800. The molecule has 9 nitrogen and oxygen atoms in total. The minimum absolute atomic E-state index is 0.175. The number of hydrogen-bond donors (Lipinski definition) is 4. The monoisotopic (exact) mass is 661 g/mol. The van der Waals surface area contributed by atoms with Crippen LogP contribution in [-0.2, 0) is 0 Å². The highest BCUT2D eigenvalue weighted by Gasteiger charge is 2.32. The molecule has 1 saturated heterocycles. The maximum atomic E-state index is 9.98. The number of halogens is 2. The summed E-state index contributed by atoms with van der Waals surface area (Å²) in [6.07, 6.45) is 5.86. The van der Waals surface area contributed by atoms with E-state index in [2.05, 4.69) is 74.5 Å². The van der Waals surface area contributed by atoms with Crippen molar-refractivity contribution in [2.75, 3.05) is 23.7 Å². The van der Waals surface area contributed by atoms with E-state index in [0.29, 0.717) is 32.9 Å². The number of benzene rings is 2. The summed E-state index contributed by atoms with van der Waals surface area (Å²) in [6, 6.07) is 12.0. The second-order valence-electron chi connectivity index (χ2n) is 12.6. The molecule has 1 atom stereocenters. The van der Waals surface area contributed by atoms with E-state index in [4.69, 9.17) is 23.2 Å². The van der Waals surface area contributed by atoms with Crippen molar-refractivity contribution in [1.82, 2.24) is 30.8 Å². The lowest BCUT2D eigenvalue weighted by molar-refractivity contribution is 0.0570. The highest BCUT2D eigenvalue weighted by molar-refractivity contribution is 7.09. The number of pyridine rings is 1. The zero-order valence-electron chi connectivity index (χ0n) is 26.0. The van der Waals surface area contributed by atoms with Gasteiger partial charge in [-0.05, 0) is 77.3 Å². The molecule has 0 bridgehead atoms. The number of piperidine rings is 1. The number of nitrogens with zero attached hydrogens (tertiary/aromatic N) is 5. The van der Waals surface area contributed by atoms with Crippen molar-refractivity contribution in [1.29, 1.82) is 5.26 Å². The Morgan fingerprint density at radius 3 is 2.49 bits per heavy atom. The van der Waals surface area contributed by atoms with Crippen LogP contribution in [0.1, 0.15) is 61.4 Å². The molecular weight excluding hydrogens is 625 g/mol. The molecule has 45 heavy (non-hydrogen) atoms. The van der Waals surface area contributed by atoms with E-state index in [1.54, 1.807) is 17.5 Å². The van der Waals surface area contributed by atoms with Crippen LogP contribution in [0.3, 0.4) is 0 Å². The van der Waals surface area contributed by atoms with Gasteiger partial charge in [0.15, 0.2) is 0 Å². The molecule has 12 heteroatoms. The molecule has 0 spiro atoms. The molecule has 0 radical (unpaired) electrons. The Labute approximate surface area is 278 Å². The second kappa shape index (κ2) is 12.7. The van der Waals surface area contributed by atoms with E-state index < -0.39 is 0 Å². The molecule has 2 aromatic carbocycles. The van der Waals surface area contributed by atoms with Gasteiger partial charge in [-0.1, -0.05) is 29.3 Å². The van der Waals surface area contributed by atoms with Crippen molar-refractivity contribution in [3.8, 4) is 6.07 Å². The molecule has 0 aliphatic carbocycles. The zero-order chi connectivity index (χ0) is 31.9. The van der Waals surface area contributed by atoms with Gasteiger partial charge in [0.25, 0.3) is 0 Å². The van der Waals surface area contributed by atoms with Crippen LogP contribution in [0.15, 0.2) is 53.9 Å². The fraction of sp³-hybridized carbons (Fsp3) is 0.364. The summed E-state index contributed by atoms with van der Waals surface area (Å²) in [5.74, 6) is 0. The summed E-state index contributed by atoms with van der Waals surface area (Å²) < 4.78 is 0. The van der Waals surface area contributed by atoms with Crippen LogP contribution in [-0.4, -0.2) is 44.5 Å². The van der Waals surface area contributed by atoms with Crippen LogP contribution in [0.25, 0.3) is 10.9 Å². The summed E-state index contributed by atoms with van der Waals surface area (Å²) in [4.78, 5) is 12.7. The van der Waals surface area contributed by atoms with Gasteiger partial charge >= 0.3 is 0 Å². The number of nitrogens with one attached hydrogen (secondary N) is 4. The summed E-state index contributed by atoms with van der Waals surface area (Å²) in [7, 11) is 0. The first kappa shape index (κ1) is 31.4. The number of hydrazine groups is 2. The van der Waals surface area contributed by atoms with Crippen molar-refractivity contribution >= 4 is 62.5 Å². The Hall–Kier alpha value is -3.59. The molecule has 4 N–H and O–H groups in total. The predicted molar refractivity (Wildman–Crippen MR) is 185 cm³/mol. The van der Waals surface area contributed by atoms with E-state index in [0.717, 1.165) is 64.5 Å². The van der Waals surface area contributed by atoms with Crippen molar-refractivity contribution < 1.29 is 0 Å². The van der Waals surface area contributed by atoms with Crippen LogP contribution >= 0.6 is 34.5 Å². The van der Waals surface area contributed by atoms with Crippen molar-refractivity contribution in [2.24, 2.45) is 0 Å². The summed E-state index contributed by atoms with van der Waals surface area (Å²) in [5, 5.41) is 21.1. The molecule has 0 saturated carbocycles. The highest BCUT2D eigenvalue weighted by atomic mass is 35.5.